The summed E-state index contributed by atoms with van der Waals surface area (Å²) >= 11 is 5.13. The second-order valence-electron chi connectivity index (χ2n) is 5.97. The molecule has 0 aliphatic carbocycles. The molecule has 28 heavy (non-hydrogen) atoms. The molecule has 9 heteroatoms. The number of ether oxygens (including phenoxy) is 1. The normalized spacial score (nSPS) is 16.5. The molecular formula is C19H17F3N4OS. The van der Waals surface area contributed by atoms with Crippen LogP contribution in [0.1, 0.15) is 23.1 Å². The summed E-state index contributed by atoms with van der Waals surface area (Å²) in [5, 5.41) is 7.34. The Morgan fingerprint density at radius 3 is 2.93 bits per heavy atom. The first-order chi connectivity index (χ1) is 13.4. The van der Waals surface area contributed by atoms with Crippen LogP contribution in [0.3, 0.4) is 0 Å². The van der Waals surface area contributed by atoms with Crippen molar-refractivity contribution in [2.45, 2.75) is 25.2 Å². The molecule has 0 bridgehead atoms. The third-order valence-corrected chi connectivity index (χ3v) is 4.11. The van der Waals surface area contributed by atoms with E-state index < -0.39 is 11.7 Å². The van der Waals surface area contributed by atoms with Crippen molar-refractivity contribution in [3.63, 3.8) is 0 Å². The average Bonchev–Trinajstić information content (AvgIpc) is 3.16. The summed E-state index contributed by atoms with van der Waals surface area (Å²) in [6, 6.07) is 8.79. The first kappa shape index (κ1) is 19.8. The number of benzene rings is 1. The molecule has 0 saturated carbocycles. The first-order valence-electron chi connectivity index (χ1n) is 8.42. The molecule has 1 unspecified atom stereocenters. The van der Waals surface area contributed by atoms with Gasteiger partial charge in [-0.25, -0.2) is 0 Å². The van der Waals surface area contributed by atoms with Gasteiger partial charge in [0.1, 0.15) is 11.9 Å². The van der Waals surface area contributed by atoms with Gasteiger partial charge >= 0.3 is 6.18 Å². The zero-order valence-electron chi connectivity index (χ0n) is 14.6. The molecule has 3 rings (SSSR count). The Labute approximate surface area is 165 Å². The molecule has 0 spiro atoms. The molecule has 5 nitrogen and oxygen atoms in total. The standard InChI is InChI=1S/C19H17F3N4OS/c20-19(21,22)15-5-1-4-14(9-15)17-7-6-16(27-17)12-25-26-18(28)24-11-13-3-2-8-23-10-13/h1-5,7-10,12,16H,6,11H2,(H2,24,26,28)/b25-12+. The van der Waals surface area contributed by atoms with Crippen molar-refractivity contribution in [1.29, 1.82) is 0 Å². The second kappa shape index (κ2) is 8.83. The molecule has 1 aromatic heterocycles. The number of hydrogen-bond acceptors (Lipinski definition) is 4. The molecule has 2 aromatic rings. The fourth-order valence-electron chi connectivity index (χ4n) is 2.51. The Bertz CT molecular complexity index is 884. The van der Waals surface area contributed by atoms with Gasteiger partial charge in [0.05, 0.1) is 11.8 Å². The highest BCUT2D eigenvalue weighted by Crippen LogP contribution is 2.32. The van der Waals surface area contributed by atoms with Crippen LogP contribution in [0.5, 0.6) is 0 Å². The summed E-state index contributed by atoms with van der Waals surface area (Å²) in [5.74, 6) is 0.403. The van der Waals surface area contributed by atoms with E-state index in [-0.39, 0.29) is 6.10 Å². The van der Waals surface area contributed by atoms with Gasteiger partial charge in [-0.1, -0.05) is 18.2 Å². The number of pyridine rings is 1. The van der Waals surface area contributed by atoms with Crippen molar-refractivity contribution in [2.75, 3.05) is 0 Å². The van der Waals surface area contributed by atoms with E-state index in [1.54, 1.807) is 24.5 Å². The molecular weight excluding hydrogens is 389 g/mol. The summed E-state index contributed by atoms with van der Waals surface area (Å²) < 4.78 is 44.2. The molecule has 1 aliphatic heterocycles. The fraction of sp³-hybridized carbons (Fsp3) is 0.211. The van der Waals surface area contributed by atoms with Gasteiger partial charge in [-0.15, -0.1) is 0 Å². The van der Waals surface area contributed by atoms with Crippen LogP contribution in [-0.2, 0) is 17.5 Å². The van der Waals surface area contributed by atoms with E-state index in [2.05, 4.69) is 20.8 Å². The Morgan fingerprint density at radius 1 is 1.32 bits per heavy atom. The molecule has 0 fully saturated rings. The number of rotatable bonds is 5. The maximum absolute atomic E-state index is 12.8. The van der Waals surface area contributed by atoms with Crippen LogP contribution in [0.15, 0.2) is 60.0 Å². The molecule has 1 atom stereocenters. The second-order valence-corrected chi connectivity index (χ2v) is 6.38. The van der Waals surface area contributed by atoms with Crippen LogP contribution >= 0.6 is 12.2 Å². The van der Waals surface area contributed by atoms with E-state index in [1.165, 1.54) is 12.3 Å². The number of hydrogen-bond donors (Lipinski definition) is 2. The van der Waals surface area contributed by atoms with Gasteiger partial charge in [0.15, 0.2) is 5.11 Å². The minimum Gasteiger partial charge on any atom is -0.484 e. The van der Waals surface area contributed by atoms with Gasteiger partial charge in [-0.05, 0) is 42.1 Å². The quantitative estimate of drug-likeness (QED) is 0.448. The minimum atomic E-state index is -4.39. The number of hydrazone groups is 1. The lowest BCUT2D eigenvalue weighted by molar-refractivity contribution is -0.137. The van der Waals surface area contributed by atoms with Gasteiger partial charge in [0, 0.05) is 30.9 Å². The molecule has 0 amide bonds. The summed E-state index contributed by atoms with van der Waals surface area (Å²) in [5.41, 5.74) is 3.33. The van der Waals surface area contributed by atoms with E-state index >= 15 is 0 Å². The third kappa shape index (κ3) is 5.53. The van der Waals surface area contributed by atoms with Crippen molar-refractivity contribution in [3.8, 4) is 0 Å². The van der Waals surface area contributed by atoms with Crippen LogP contribution in [0, 0.1) is 0 Å². The van der Waals surface area contributed by atoms with Crippen LogP contribution < -0.4 is 10.7 Å². The molecule has 1 aliphatic rings. The number of alkyl halides is 3. The lowest BCUT2D eigenvalue weighted by Gasteiger charge is -2.12. The molecule has 2 N–H and O–H groups in total. The van der Waals surface area contributed by atoms with E-state index in [4.69, 9.17) is 17.0 Å². The third-order valence-electron chi connectivity index (χ3n) is 3.87. The highest BCUT2D eigenvalue weighted by Gasteiger charge is 2.31. The van der Waals surface area contributed by atoms with Gasteiger partial charge < -0.3 is 10.1 Å². The van der Waals surface area contributed by atoms with Gasteiger partial charge in [-0.2, -0.15) is 18.3 Å². The Kier molecular flexibility index (Phi) is 6.25. The van der Waals surface area contributed by atoms with E-state index in [9.17, 15) is 13.2 Å². The van der Waals surface area contributed by atoms with E-state index in [0.717, 1.165) is 17.7 Å². The van der Waals surface area contributed by atoms with Crippen LogP contribution in [0.4, 0.5) is 13.2 Å². The topological polar surface area (TPSA) is 58.5 Å². The van der Waals surface area contributed by atoms with Crippen LogP contribution in [0.25, 0.3) is 5.76 Å². The van der Waals surface area contributed by atoms with Crippen molar-refractivity contribution in [3.05, 3.63) is 71.6 Å². The van der Waals surface area contributed by atoms with E-state index in [0.29, 0.717) is 29.4 Å². The lowest BCUT2D eigenvalue weighted by Crippen LogP contribution is -2.32. The van der Waals surface area contributed by atoms with E-state index in [1.807, 2.05) is 12.1 Å². The van der Waals surface area contributed by atoms with Crippen molar-refractivity contribution in [2.24, 2.45) is 5.10 Å². The summed E-state index contributed by atoms with van der Waals surface area (Å²) in [7, 11) is 0. The highest BCUT2D eigenvalue weighted by atomic mass is 32.1. The maximum atomic E-state index is 12.8. The average molecular weight is 406 g/mol. The SMILES string of the molecule is FC(F)(F)c1cccc(C2=CCC(/C=N/NC(=S)NCc3cccnc3)O2)c1. The molecule has 1 aromatic carbocycles. The Hall–Kier alpha value is -2.94. The van der Waals surface area contributed by atoms with Gasteiger partial charge in [-0.3, -0.25) is 10.4 Å². The molecule has 0 radical (unpaired) electrons. The number of halogens is 3. The van der Waals surface area contributed by atoms with Gasteiger partial charge in [0.2, 0.25) is 0 Å². The Balaban J connectivity index is 1.47. The zero-order valence-corrected chi connectivity index (χ0v) is 15.4. The van der Waals surface area contributed by atoms with Gasteiger partial charge in [0.25, 0.3) is 0 Å². The largest absolute Gasteiger partial charge is 0.484 e. The number of nitrogens with one attached hydrogen (secondary N) is 2. The maximum Gasteiger partial charge on any atom is 0.416 e. The first-order valence-corrected chi connectivity index (χ1v) is 8.83. The smallest absolute Gasteiger partial charge is 0.416 e. The monoisotopic (exact) mass is 406 g/mol. The van der Waals surface area contributed by atoms with Crippen LogP contribution in [-0.4, -0.2) is 22.4 Å². The molecule has 0 saturated heterocycles. The van der Waals surface area contributed by atoms with Crippen molar-refractivity contribution in [1.82, 2.24) is 15.7 Å². The number of aromatic nitrogens is 1. The highest BCUT2D eigenvalue weighted by molar-refractivity contribution is 7.80. The fourth-order valence-corrected chi connectivity index (χ4v) is 2.64. The summed E-state index contributed by atoms with van der Waals surface area (Å²) in [4.78, 5) is 4.01. The van der Waals surface area contributed by atoms with Crippen molar-refractivity contribution >= 4 is 29.3 Å². The summed E-state index contributed by atoms with van der Waals surface area (Å²) in [6.07, 6.45) is 2.42. The molecule has 146 valence electrons. The zero-order chi connectivity index (χ0) is 20.0. The minimum absolute atomic E-state index is 0.337. The predicted molar refractivity (Wildman–Crippen MR) is 104 cm³/mol. The number of thiocarbonyl (C=S) groups is 1. The summed E-state index contributed by atoms with van der Waals surface area (Å²) in [6.45, 7) is 0.510. The molecule has 2 heterocycles. The Morgan fingerprint density at radius 2 is 2.18 bits per heavy atom. The van der Waals surface area contributed by atoms with Crippen LogP contribution in [0.2, 0.25) is 0 Å². The van der Waals surface area contributed by atoms with Crippen molar-refractivity contribution < 1.29 is 17.9 Å². The lowest BCUT2D eigenvalue weighted by atomic mass is 10.1. The number of nitrogens with zero attached hydrogens (tertiary/aromatic N) is 2. The predicted octanol–water partition coefficient (Wildman–Crippen LogP) is 3.88.